The molecule has 0 saturated carbocycles. The van der Waals surface area contributed by atoms with Crippen molar-refractivity contribution in [1.29, 1.82) is 0 Å². The first kappa shape index (κ1) is 11.9. The second-order valence-corrected chi connectivity index (χ2v) is 4.37. The lowest BCUT2D eigenvalue weighted by molar-refractivity contribution is 0.415. The van der Waals surface area contributed by atoms with E-state index in [1.54, 1.807) is 20.2 Å². The van der Waals surface area contributed by atoms with E-state index in [1.165, 1.54) is 23.5 Å². The summed E-state index contributed by atoms with van der Waals surface area (Å²) in [6, 6.07) is 4.49. The molecular weight excluding hydrogens is 239 g/mol. The van der Waals surface area contributed by atoms with Crippen LogP contribution >= 0.6 is 11.3 Å². The molecule has 0 unspecified atom stereocenters. The largest absolute Gasteiger partial charge is 0.496 e. The molecule has 0 amide bonds. The molecule has 0 fully saturated rings. The van der Waals surface area contributed by atoms with Crippen molar-refractivity contribution >= 4 is 11.3 Å². The van der Waals surface area contributed by atoms with Gasteiger partial charge in [-0.15, -0.1) is 11.3 Å². The first-order valence-corrected chi connectivity index (χ1v) is 5.96. The predicted molar refractivity (Wildman–Crippen MR) is 66.7 cm³/mol. The fourth-order valence-corrected chi connectivity index (χ4v) is 2.56. The number of aromatic nitrogens is 1. The van der Waals surface area contributed by atoms with Gasteiger partial charge in [0, 0.05) is 25.0 Å². The second-order valence-electron chi connectivity index (χ2n) is 3.53. The molecule has 0 aliphatic carbocycles. The molecule has 0 bridgehead atoms. The van der Waals surface area contributed by atoms with Gasteiger partial charge in [0.15, 0.2) is 4.80 Å². The quantitative estimate of drug-likeness (QED) is 0.806. The van der Waals surface area contributed by atoms with E-state index in [9.17, 15) is 4.39 Å². The second kappa shape index (κ2) is 4.71. The highest BCUT2D eigenvalue weighted by molar-refractivity contribution is 7.07. The highest BCUT2D eigenvalue weighted by atomic mass is 32.1. The molecule has 1 aromatic carbocycles. The standard InChI is InChI=1S/C12H13FN2OS/c1-14-12-15(2)10(7-17-12)9-6-8(13)4-5-11(9)16-3/h4-7H,1-3H3. The number of ether oxygens (including phenoxy) is 1. The van der Waals surface area contributed by atoms with Crippen molar-refractivity contribution in [3.05, 3.63) is 34.2 Å². The maximum Gasteiger partial charge on any atom is 0.184 e. The SMILES string of the molecule is CN=c1scc(-c2cc(F)ccc2OC)n1C. The molecule has 0 aliphatic heterocycles. The number of methoxy groups -OCH3 is 1. The third kappa shape index (κ3) is 2.10. The summed E-state index contributed by atoms with van der Waals surface area (Å²) < 4.78 is 20.5. The Hall–Kier alpha value is -1.62. The first-order valence-electron chi connectivity index (χ1n) is 5.08. The number of rotatable bonds is 2. The summed E-state index contributed by atoms with van der Waals surface area (Å²) >= 11 is 1.51. The maximum absolute atomic E-state index is 13.3. The Kier molecular flexibility index (Phi) is 3.28. The summed E-state index contributed by atoms with van der Waals surface area (Å²) in [5.74, 6) is 0.379. The average molecular weight is 252 g/mol. The van der Waals surface area contributed by atoms with Crippen molar-refractivity contribution in [2.24, 2.45) is 12.0 Å². The monoisotopic (exact) mass is 252 g/mol. The van der Waals surface area contributed by atoms with Crippen LogP contribution in [-0.2, 0) is 7.05 Å². The summed E-state index contributed by atoms with van der Waals surface area (Å²) in [6.07, 6.45) is 0. The minimum absolute atomic E-state index is 0.276. The number of halogens is 1. The summed E-state index contributed by atoms with van der Waals surface area (Å²) in [5.41, 5.74) is 1.63. The third-order valence-electron chi connectivity index (χ3n) is 2.55. The molecule has 0 radical (unpaired) electrons. The van der Waals surface area contributed by atoms with Crippen molar-refractivity contribution < 1.29 is 9.13 Å². The van der Waals surface area contributed by atoms with Gasteiger partial charge in [-0.25, -0.2) is 4.39 Å². The van der Waals surface area contributed by atoms with E-state index in [4.69, 9.17) is 4.74 Å². The van der Waals surface area contributed by atoms with Crippen LogP contribution in [-0.4, -0.2) is 18.7 Å². The Morgan fingerprint density at radius 3 is 2.76 bits per heavy atom. The van der Waals surface area contributed by atoms with Crippen LogP contribution in [0.15, 0.2) is 28.6 Å². The van der Waals surface area contributed by atoms with Crippen molar-refractivity contribution in [2.75, 3.05) is 14.2 Å². The van der Waals surface area contributed by atoms with Gasteiger partial charge in [0.1, 0.15) is 11.6 Å². The van der Waals surface area contributed by atoms with Gasteiger partial charge in [-0.2, -0.15) is 0 Å². The fourth-order valence-electron chi connectivity index (χ4n) is 1.70. The molecule has 0 spiro atoms. The van der Waals surface area contributed by atoms with Crippen LogP contribution in [0.25, 0.3) is 11.3 Å². The van der Waals surface area contributed by atoms with E-state index in [0.717, 1.165) is 16.1 Å². The molecule has 0 N–H and O–H groups in total. The predicted octanol–water partition coefficient (Wildman–Crippen LogP) is 2.43. The summed E-state index contributed by atoms with van der Waals surface area (Å²) in [7, 11) is 5.21. The summed E-state index contributed by atoms with van der Waals surface area (Å²) in [5, 5.41) is 1.94. The fraction of sp³-hybridized carbons (Fsp3) is 0.250. The van der Waals surface area contributed by atoms with E-state index in [1.807, 2.05) is 17.0 Å². The number of hydrogen-bond acceptors (Lipinski definition) is 3. The molecule has 0 aliphatic rings. The van der Waals surface area contributed by atoms with Crippen LogP contribution in [0.5, 0.6) is 5.75 Å². The lowest BCUT2D eigenvalue weighted by atomic mass is 10.1. The minimum atomic E-state index is -0.276. The summed E-state index contributed by atoms with van der Waals surface area (Å²) in [4.78, 5) is 5.02. The Bertz CT molecular complexity index is 601. The van der Waals surface area contributed by atoms with Crippen LogP contribution in [0, 0.1) is 5.82 Å². The van der Waals surface area contributed by atoms with Gasteiger partial charge in [-0.3, -0.25) is 4.99 Å². The van der Waals surface area contributed by atoms with Crippen LogP contribution in [0.4, 0.5) is 4.39 Å². The number of thiazole rings is 1. The number of hydrogen-bond donors (Lipinski definition) is 0. The van der Waals surface area contributed by atoms with Gasteiger partial charge < -0.3 is 9.30 Å². The summed E-state index contributed by atoms with van der Waals surface area (Å²) in [6.45, 7) is 0. The zero-order chi connectivity index (χ0) is 12.4. The molecule has 0 saturated heterocycles. The molecule has 0 atom stereocenters. The van der Waals surface area contributed by atoms with Crippen LogP contribution in [0.3, 0.4) is 0 Å². The molecule has 5 heteroatoms. The van der Waals surface area contributed by atoms with Crippen molar-refractivity contribution in [3.8, 4) is 17.0 Å². The Morgan fingerprint density at radius 2 is 2.18 bits per heavy atom. The van der Waals surface area contributed by atoms with Gasteiger partial charge in [0.2, 0.25) is 0 Å². The van der Waals surface area contributed by atoms with E-state index in [-0.39, 0.29) is 5.82 Å². The highest BCUT2D eigenvalue weighted by Crippen LogP contribution is 2.30. The first-order chi connectivity index (χ1) is 8.17. The number of nitrogens with zero attached hydrogens (tertiary/aromatic N) is 2. The van der Waals surface area contributed by atoms with Gasteiger partial charge >= 0.3 is 0 Å². The Labute approximate surface area is 103 Å². The molecule has 17 heavy (non-hydrogen) atoms. The molecular formula is C12H13FN2OS. The Morgan fingerprint density at radius 1 is 1.41 bits per heavy atom. The minimum Gasteiger partial charge on any atom is -0.496 e. The van der Waals surface area contributed by atoms with Gasteiger partial charge in [0.25, 0.3) is 0 Å². The zero-order valence-electron chi connectivity index (χ0n) is 9.90. The van der Waals surface area contributed by atoms with Gasteiger partial charge in [-0.1, -0.05) is 0 Å². The highest BCUT2D eigenvalue weighted by Gasteiger charge is 2.11. The van der Waals surface area contributed by atoms with E-state index >= 15 is 0 Å². The van der Waals surface area contributed by atoms with Crippen LogP contribution < -0.4 is 9.54 Å². The zero-order valence-corrected chi connectivity index (χ0v) is 10.7. The van der Waals surface area contributed by atoms with Crippen molar-refractivity contribution in [1.82, 2.24) is 4.57 Å². The lowest BCUT2D eigenvalue weighted by Crippen LogP contribution is -2.11. The molecule has 2 aromatic rings. The average Bonchev–Trinajstić information content (AvgIpc) is 2.70. The van der Waals surface area contributed by atoms with Crippen molar-refractivity contribution in [2.45, 2.75) is 0 Å². The molecule has 1 heterocycles. The van der Waals surface area contributed by atoms with Crippen LogP contribution in [0.1, 0.15) is 0 Å². The molecule has 3 nitrogen and oxygen atoms in total. The van der Waals surface area contributed by atoms with Crippen LogP contribution in [0.2, 0.25) is 0 Å². The molecule has 90 valence electrons. The molecule has 1 aromatic heterocycles. The molecule has 2 rings (SSSR count). The smallest absolute Gasteiger partial charge is 0.184 e. The van der Waals surface area contributed by atoms with E-state index in [0.29, 0.717) is 5.75 Å². The number of benzene rings is 1. The van der Waals surface area contributed by atoms with Crippen molar-refractivity contribution in [3.63, 3.8) is 0 Å². The normalized spacial score (nSPS) is 11.9. The topological polar surface area (TPSA) is 26.5 Å². The maximum atomic E-state index is 13.3. The lowest BCUT2D eigenvalue weighted by Gasteiger charge is -2.09. The third-order valence-corrected chi connectivity index (χ3v) is 3.56. The van der Waals surface area contributed by atoms with Gasteiger partial charge in [-0.05, 0) is 18.2 Å². The Balaban J connectivity index is 2.67. The van der Waals surface area contributed by atoms with Gasteiger partial charge in [0.05, 0.1) is 12.8 Å². The van der Waals surface area contributed by atoms with E-state index in [2.05, 4.69) is 4.99 Å². The van der Waals surface area contributed by atoms with E-state index < -0.39 is 0 Å².